The fourth-order valence-electron chi connectivity index (χ4n) is 3.49. The third-order valence-electron chi connectivity index (χ3n) is 5.56. The van der Waals surface area contributed by atoms with Gasteiger partial charge in [0.05, 0.1) is 10.7 Å². The van der Waals surface area contributed by atoms with Crippen LogP contribution in [0.3, 0.4) is 0 Å². The first-order valence-electron chi connectivity index (χ1n) is 11.3. The molecule has 3 rings (SSSR count). The van der Waals surface area contributed by atoms with Gasteiger partial charge in [-0.1, -0.05) is 11.6 Å². The molecule has 13 heteroatoms. The normalized spacial score (nSPS) is 14.4. The van der Waals surface area contributed by atoms with E-state index in [4.69, 9.17) is 11.6 Å². The minimum atomic E-state index is -1.09. The number of fused-ring (bicyclic) bond motifs is 1. The van der Waals surface area contributed by atoms with Crippen molar-refractivity contribution in [1.29, 1.82) is 0 Å². The molecular weight excluding hydrogens is 506 g/mol. The summed E-state index contributed by atoms with van der Waals surface area (Å²) in [6.45, 7) is 7.70. The number of carbonyl (C=O) groups excluding carboxylic acids is 4. The second-order valence-corrected chi connectivity index (χ2v) is 11.0. The Morgan fingerprint density at radius 1 is 1.19 bits per heavy atom. The lowest BCUT2D eigenvalue weighted by atomic mass is 10.0. The van der Waals surface area contributed by atoms with Crippen LogP contribution in [0, 0.1) is 0 Å². The molecule has 0 aromatic carbocycles. The number of halogens is 1. The Kier molecular flexibility index (Phi) is 8.64. The maximum Gasteiger partial charge on any atom is 0.314 e. The summed E-state index contributed by atoms with van der Waals surface area (Å²) in [6, 6.07) is 1.87. The zero-order chi connectivity index (χ0) is 26.6. The van der Waals surface area contributed by atoms with Crippen LogP contribution in [0.25, 0.3) is 0 Å². The van der Waals surface area contributed by atoms with Gasteiger partial charge in [0.1, 0.15) is 11.9 Å². The second-order valence-electron chi connectivity index (χ2n) is 9.52. The quantitative estimate of drug-likeness (QED) is 0.474. The number of rotatable bonds is 6. The molecule has 11 nitrogen and oxygen atoms in total. The molecule has 0 saturated heterocycles. The van der Waals surface area contributed by atoms with Crippen molar-refractivity contribution < 1.29 is 19.2 Å². The highest BCUT2D eigenvalue weighted by Gasteiger charge is 2.31. The number of nitrogens with zero attached hydrogens (tertiary/aromatic N) is 4. The van der Waals surface area contributed by atoms with Crippen molar-refractivity contribution in [1.82, 2.24) is 30.4 Å². The lowest BCUT2D eigenvalue weighted by Gasteiger charge is -2.37. The summed E-state index contributed by atoms with van der Waals surface area (Å²) < 4.78 is 0. The first-order chi connectivity index (χ1) is 16.8. The van der Waals surface area contributed by atoms with Gasteiger partial charge in [-0.25, -0.2) is 9.97 Å². The van der Waals surface area contributed by atoms with E-state index in [1.807, 2.05) is 0 Å². The molecule has 2 aromatic heterocycles. The number of pyridine rings is 1. The van der Waals surface area contributed by atoms with E-state index >= 15 is 0 Å². The minimum Gasteiger partial charge on any atom is -0.347 e. The summed E-state index contributed by atoms with van der Waals surface area (Å²) >= 11 is 7.06. The number of anilines is 1. The largest absolute Gasteiger partial charge is 0.347 e. The Bertz CT molecular complexity index is 1140. The van der Waals surface area contributed by atoms with Crippen molar-refractivity contribution in [3.8, 4) is 0 Å². The zero-order valence-corrected chi connectivity index (χ0v) is 22.4. The van der Waals surface area contributed by atoms with Crippen LogP contribution in [-0.2, 0) is 27.3 Å². The average molecular weight is 536 g/mol. The van der Waals surface area contributed by atoms with Crippen LogP contribution in [0.15, 0.2) is 18.3 Å². The first kappa shape index (κ1) is 27.5. The number of carbonyl (C=O) groups is 4. The lowest BCUT2D eigenvalue weighted by molar-refractivity contribution is -0.136. The molecule has 0 saturated carbocycles. The summed E-state index contributed by atoms with van der Waals surface area (Å²) in [6.07, 6.45) is 2.07. The molecule has 3 N–H and O–H groups in total. The van der Waals surface area contributed by atoms with E-state index in [0.29, 0.717) is 11.6 Å². The number of nitrogens with one attached hydrogen (secondary N) is 3. The van der Waals surface area contributed by atoms with Gasteiger partial charge in [-0.15, -0.1) is 11.3 Å². The molecule has 194 valence electrons. The molecule has 2 aromatic rings. The van der Waals surface area contributed by atoms with E-state index in [1.165, 1.54) is 48.7 Å². The van der Waals surface area contributed by atoms with Crippen molar-refractivity contribution in [3.05, 3.63) is 38.9 Å². The molecule has 0 radical (unpaired) electrons. The molecular formula is C23H30ClN7O4S. The molecule has 0 aliphatic carbocycles. The van der Waals surface area contributed by atoms with E-state index in [1.54, 1.807) is 0 Å². The molecule has 1 aliphatic rings. The van der Waals surface area contributed by atoms with Gasteiger partial charge in [0.25, 0.3) is 5.91 Å². The lowest BCUT2D eigenvalue weighted by Crippen LogP contribution is -2.53. The monoisotopic (exact) mass is 535 g/mol. The van der Waals surface area contributed by atoms with Crippen LogP contribution in [-0.4, -0.2) is 82.2 Å². The zero-order valence-electron chi connectivity index (χ0n) is 20.8. The molecule has 0 fully saturated rings. The van der Waals surface area contributed by atoms with Crippen molar-refractivity contribution >= 4 is 52.4 Å². The van der Waals surface area contributed by atoms with Gasteiger partial charge in [0.15, 0.2) is 5.01 Å². The van der Waals surface area contributed by atoms with Crippen molar-refractivity contribution in [2.75, 3.05) is 32.5 Å². The van der Waals surface area contributed by atoms with Gasteiger partial charge < -0.3 is 20.9 Å². The van der Waals surface area contributed by atoms with Crippen LogP contribution in [0.4, 0.5) is 5.82 Å². The Morgan fingerprint density at radius 2 is 1.92 bits per heavy atom. The summed E-state index contributed by atoms with van der Waals surface area (Å²) in [4.78, 5) is 63.1. The van der Waals surface area contributed by atoms with Crippen LogP contribution in [0.2, 0.25) is 5.02 Å². The Morgan fingerprint density at radius 3 is 2.53 bits per heavy atom. The molecule has 4 amide bonds. The Labute approximate surface area is 218 Å². The second kappa shape index (κ2) is 11.3. The van der Waals surface area contributed by atoms with E-state index in [-0.39, 0.29) is 22.9 Å². The van der Waals surface area contributed by atoms with Crippen LogP contribution < -0.4 is 16.0 Å². The van der Waals surface area contributed by atoms with Gasteiger partial charge in [0.2, 0.25) is 5.91 Å². The highest BCUT2D eigenvalue weighted by molar-refractivity contribution is 7.13. The molecule has 0 bridgehead atoms. The highest BCUT2D eigenvalue weighted by Crippen LogP contribution is 2.29. The molecule has 36 heavy (non-hydrogen) atoms. The fraction of sp³-hybridized carbons (Fsp3) is 0.478. The van der Waals surface area contributed by atoms with Gasteiger partial charge in [0, 0.05) is 56.8 Å². The SMILES string of the molecule is CN(C)C(=O)C(CNC(=O)C(=O)Nc1ccc(Cl)cn1)NC(=O)c1nc2c(s1)CN(C(C)(C)C)CC2. The van der Waals surface area contributed by atoms with Gasteiger partial charge in [-0.3, -0.25) is 24.1 Å². The number of thiazole rings is 1. The fourth-order valence-corrected chi connectivity index (χ4v) is 4.63. The number of hydrogen-bond donors (Lipinski definition) is 3. The maximum atomic E-state index is 13.0. The smallest absolute Gasteiger partial charge is 0.314 e. The average Bonchev–Trinajstić information content (AvgIpc) is 3.25. The van der Waals surface area contributed by atoms with Crippen LogP contribution in [0.1, 0.15) is 41.1 Å². The summed E-state index contributed by atoms with van der Waals surface area (Å²) in [5.74, 6) is -2.76. The molecule has 3 heterocycles. The molecule has 1 atom stereocenters. The molecule has 0 spiro atoms. The predicted octanol–water partition coefficient (Wildman–Crippen LogP) is 1.29. The third kappa shape index (κ3) is 6.99. The third-order valence-corrected chi connectivity index (χ3v) is 6.87. The van der Waals surface area contributed by atoms with Crippen molar-refractivity contribution in [3.63, 3.8) is 0 Å². The summed E-state index contributed by atoms with van der Waals surface area (Å²) in [5.41, 5.74) is 0.892. The van der Waals surface area contributed by atoms with Gasteiger partial charge in [-0.2, -0.15) is 0 Å². The topological polar surface area (TPSA) is 137 Å². The van der Waals surface area contributed by atoms with Crippen LogP contribution >= 0.6 is 22.9 Å². The standard InChI is InChI=1S/C23H30ClN7O4S/c1-23(2,3)31-9-8-14-16(12-31)36-21(28-14)20(34)27-15(22(35)30(4)5)11-26-18(32)19(33)29-17-7-6-13(24)10-25-17/h6-7,10,15H,8-9,11-12H2,1-5H3,(H,26,32)(H,27,34)(H,25,29,33). The summed E-state index contributed by atoms with van der Waals surface area (Å²) in [5, 5.41) is 8.01. The molecule has 1 aliphatic heterocycles. The summed E-state index contributed by atoms with van der Waals surface area (Å²) in [7, 11) is 3.07. The van der Waals surface area contributed by atoms with Crippen molar-refractivity contribution in [2.24, 2.45) is 0 Å². The Balaban J connectivity index is 1.63. The van der Waals surface area contributed by atoms with E-state index in [2.05, 4.69) is 51.6 Å². The molecule has 1 unspecified atom stereocenters. The van der Waals surface area contributed by atoms with Crippen LogP contribution in [0.5, 0.6) is 0 Å². The number of amides is 4. The first-order valence-corrected chi connectivity index (χ1v) is 12.5. The number of aromatic nitrogens is 2. The van der Waals surface area contributed by atoms with Gasteiger partial charge in [-0.05, 0) is 32.9 Å². The van der Waals surface area contributed by atoms with Crippen molar-refractivity contribution in [2.45, 2.75) is 45.3 Å². The predicted molar refractivity (Wildman–Crippen MR) is 137 cm³/mol. The Hall–Kier alpha value is -3.09. The van der Waals surface area contributed by atoms with E-state index in [9.17, 15) is 19.2 Å². The van der Waals surface area contributed by atoms with E-state index < -0.39 is 29.7 Å². The van der Waals surface area contributed by atoms with Gasteiger partial charge >= 0.3 is 11.8 Å². The highest BCUT2D eigenvalue weighted by atomic mass is 35.5. The van der Waals surface area contributed by atoms with E-state index in [0.717, 1.165) is 23.5 Å². The number of hydrogen-bond acceptors (Lipinski definition) is 8. The maximum absolute atomic E-state index is 13.0. The minimum absolute atomic E-state index is 0.00144. The number of likely N-dealkylation sites (N-methyl/N-ethyl adjacent to an activating group) is 1.